The van der Waals surface area contributed by atoms with Crippen molar-refractivity contribution in [2.75, 3.05) is 0 Å². The van der Waals surface area contributed by atoms with E-state index in [2.05, 4.69) is 46.4 Å². The molecule has 0 heterocycles. The molecule has 0 saturated carbocycles. The molecular weight excluding hydrogens is 310 g/mol. The molecule has 0 amide bonds. The van der Waals surface area contributed by atoms with Crippen LogP contribution in [0.15, 0.2) is 53.0 Å². The molecule has 94 valence electrons. The molecule has 0 bridgehead atoms. The van der Waals surface area contributed by atoms with Gasteiger partial charge in [0, 0.05) is 22.1 Å². The summed E-state index contributed by atoms with van der Waals surface area (Å²) in [5.74, 6) is 0. The van der Waals surface area contributed by atoms with E-state index >= 15 is 0 Å². The number of nitrogens with one attached hydrogen (secondary N) is 1. The summed E-state index contributed by atoms with van der Waals surface area (Å²) in [6, 6.07) is 16.6. The normalized spacial score (nSPS) is 12.4. The first-order valence-corrected chi connectivity index (χ1v) is 7.05. The Labute approximate surface area is 121 Å². The Bertz CT molecular complexity index is 527. The Hall–Kier alpha value is -0.830. The first-order valence-electron chi connectivity index (χ1n) is 5.88. The van der Waals surface area contributed by atoms with Gasteiger partial charge in [-0.2, -0.15) is 0 Å². The van der Waals surface area contributed by atoms with Crippen molar-refractivity contribution in [3.05, 3.63) is 69.2 Å². The highest BCUT2D eigenvalue weighted by atomic mass is 79.9. The van der Waals surface area contributed by atoms with E-state index in [1.807, 2.05) is 30.3 Å². The first kappa shape index (κ1) is 13.6. The van der Waals surface area contributed by atoms with E-state index in [-0.39, 0.29) is 6.04 Å². The average molecular weight is 325 g/mol. The summed E-state index contributed by atoms with van der Waals surface area (Å²) in [6.07, 6.45) is 0. The van der Waals surface area contributed by atoms with Gasteiger partial charge in [-0.25, -0.2) is 0 Å². The average Bonchev–Trinajstić information content (AvgIpc) is 2.36. The van der Waals surface area contributed by atoms with E-state index in [9.17, 15) is 0 Å². The highest BCUT2D eigenvalue weighted by molar-refractivity contribution is 9.10. The van der Waals surface area contributed by atoms with Crippen LogP contribution in [-0.2, 0) is 6.54 Å². The van der Waals surface area contributed by atoms with Gasteiger partial charge in [-0.1, -0.05) is 51.8 Å². The van der Waals surface area contributed by atoms with Gasteiger partial charge in [0.2, 0.25) is 0 Å². The minimum absolute atomic E-state index is 0.280. The number of benzene rings is 2. The summed E-state index contributed by atoms with van der Waals surface area (Å²) in [4.78, 5) is 0. The van der Waals surface area contributed by atoms with Gasteiger partial charge in [-0.3, -0.25) is 0 Å². The van der Waals surface area contributed by atoms with Crippen molar-refractivity contribution < 1.29 is 0 Å². The van der Waals surface area contributed by atoms with Gasteiger partial charge < -0.3 is 5.32 Å². The van der Waals surface area contributed by atoms with Crippen molar-refractivity contribution in [3.8, 4) is 0 Å². The van der Waals surface area contributed by atoms with Crippen LogP contribution >= 0.6 is 27.5 Å². The Morgan fingerprint density at radius 1 is 1.17 bits per heavy atom. The summed E-state index contributed by atoms with van der Waals surface area (Å²) < 4.78 is 1.11. The zero-order chi connectivity index (χ0) is 13.0. The fourth-order valence-corrected chi connectivity index (χ4v) is 2.46. The maximum atomic E-state index is 5.99. The minimum atomic E-state index is 0.280. The van der Waals surface area contributed by atoms with Crippen LogP contribution in [0, 0.1) is 0 Å². The second-order valence-electron chi connectivity index (χ2n) is 4.29. The predicted octanol–water partition coefficient (Wildman–Crippen LogP) is 4.95. The third-order valence-corrected chi connectivity index (χ3v) is 3.58. The Balaban J connectivity index is 1.98. The van der Waals surface area contributed by atoms with E-state index in [4.69, 9.17) is 11.6 Å². The third-order valence-electron chi connectivity index (χ3n) is 2.85. The van der Waals surface area contributed by atoms with Crippen LogP contribution in [0.4, 0.5) is 0 Å². The largest absolute Gasteiger partial charge is 0.306 e. The van der Waals surface area contributed by atoms with Crippen molar-refractivity contribution in [3.63, 3.8) is 0 Å². The van der Waals surface area contributed by atoms with E-state index in [0.717, 1.165) is 16.0 Å². The summed E-state index contributed by atoms with van der Waals surface area (Å²) >= 11 is 9.47. The summed E-state index contributed by atoms with van der Waals surface area (Å²) in [7, 11) is 0. The molecule has 0 aromatic heterocycles. The molecular formula is C15H15BrClN. The fourth-order valence-electron chi connectivity index (χ4n) is 1.81. The molecule has 1 nitrogen and oxygen atoms in total. The number of rotatable bonds is 4. The lowest BCUT2D eigenvalue weighted by atomic mass is 10.1. The molecule has 1 atom stereocenters. The Kier molecular flexibility index (Phi) is 4.81. The molecule has 1 N–H and O–H groups in total. The van der Waals surface area contributed by atoms with Crippen LogP contribution in [0.3, 0.4) is 0 Å². The molecule has 3 heteroatoms. The maximum absolute atomic E-state index is 5.99. The van der Waals surface area contributed by atoms with Crippen molar-refractivity contribution >= 4 is 27.5 Å². The van der Waals surface area contributed by atoms with E-state index < -0.39 is 0 Å². The quantitative estimate of drug-likeness (QED) is 0.838. The zero-order valence-corrected chi connectivity index (χ0v) is 12.5. The van der Waals surface area contributed by atoms with Crippen LogP contribution in [0.2, 0.25) is 5.02 Å². The third kappa shape index (κ3) is 3.84. The first-order chi connectivity index (χ1) is 8.65. The fraction of sp³-hybridized carbons (Fsp3) is 0.200. The lowest BCUT2D eigenvalue weighted by molar-refractivity contribution is 0.574. The highest BCUT2D eigenvalue weighted by Crippen LogP contribution is 2.18. The van der Waals surface area contributed by atoms with Crippen LogP contribution in [0.5, 0.6) is 0 Å². The predicted molar refractivity (Wildman–Crippen MR) is 80.8 cm³/mol. The van der Waals surface area contributed by atoms with Gasteiger partial charge in [-0.15, -0.1) is 0 Å². The molecule has 0 aliphatic carbocycles. The van der Waals surface area contributed by atoms with Crippen LogP contribution in [0.25, 0.3) is 0 Å². The maximum Gasteiger partial charge on any atom is 0.0409 e. The molecule has 0 unspecified atom stereocenters. The van der Waals surface area contributed by atoms with E-state index in [1.54, 1.807) is 0 Å². The minimum Gasteiger partial charge on any atom is -0.306 e. The molecule has 0 spiro atoms. The SMILES string of the molecule is C[C@H](NCc1cccc(Br)c1)c1cccc(Cl)c1. The smallest absolute Gasteiger partial charge is 0.0409 e. The molecule has 2 aromatic carbocycles. The second kappa shape index (κ2) is 6.37. The van der Waals surface area contributed by atoms with Crippen molar-refractivity contribution in [2.24, 2.45) is 0 Å². The summed E-state index contributed by atoms with van der Waals surface area (Å²) in [6.45, 7) is 2.98. The lowest BCUT2D eigenvalue weighted by Crippen LogP contribution is -2.17. The van der Waals surface area contributed by atoms with E-state index in [0.29, 0.717) is 0 Å². The van der Waals surface area contributed by atoms with Crippen molar-refractivity contribution in [1.29, 1.82) is 0 Å². The molecule has 18 heavy (non-hydrogen) atoms. The monoisotopic (exact) mass is 323 g/mol. The molecule has 0 radical (unpaired) electrons. The van der Waals surface area contributed by atoms with Gasteiger partial charge in [0.25, 0.3) is 0 Å². The molecule has 0 aliphatic rings. The molecule has 2 rings (SSSR count). The molecule has 0 saturated heterocycles. The van der Waals surface area contributed by atoms with Crippen molar-refractivity contribution in [2.45, 2.75) is 19.5 Å². The summed E-state index contributed by atoms with van der Waals surface area (Å²) in [5, 5.41) is 4.27. The van der Waals surface area contributed by atoms with Gasteiger partial charge in [0.15, 0.2) is 0 Å². The lowest BCUT2D eigenvalue weighted by Gasteiger charge is -2.14. The van der Waals surface area contributed by atoms with E-state index in [1.165, 1.54) is 11.1 Å². The second-order valence-corrected chi connectivity index (χ2v) is 5.64. The highest BCUT2D eigenvalue weighted by Gasteiger charge is 2.05. The van der Waals surface area contributed by atoms with Gasteiger partial charge in [0.1, 0.15) is 0 Å². The zero-order valence-electron chi connectivity index (χ0n) is 10.2. The summed E-state index contributed by atoms with van der Waals surface area (Å²) in [5.41, 5.74) is 2.47. The Morgan fingerprint density at radius 2 is 1.94 bits per heavy atom. The topological polar surface area (TPSA) is 12.0 Å². The van der Waals surface area contributed by atoms with Crippen LogP contribution in [0.1, 0.15) is 24.1 Å². The van der Waals surface area contributed by atoms with Crippen LogP contribution < -0.4 is 5.32 Å². The van der Waals surface area contributed by atoms with Gasteiger partial charge in [-0.05, 0) is 42.3 Å². The molecule has 0 aliphatic heterocycles. The number of halogens is 2. The van der Waals surface area contributed by atoms with Crippen molar-refractivity contribution in [1.82, 2.24) is 5.32 Å². The molecule has 2 aromatic rings. The number of hydrogen-bond donors (Lipinski definition) is 1. The molecule has 0 fully saturated rings. The Morgan fingerprint density at radius 3 is 2.67 bits per heavy atom. The van der Waals surface area contributed by atoms with Gasteiger partial charge >= 0.3 is 0 Å². The number of hydrogen-bond acceptors (Lipinski definition) is 1. The van der Waals surface area contributed by atoms with Gasteiger partial charge in [0.05, 0.1) is 0 Å². The van der Waals surface area contributed by atoms with Crippen LogP contribution in [-0.4, -0.2) is 0 Å². The standard InChI is InChI=1S/C15H15BrClN/c1-11(13-5-3-7-15(17)9-13)18-10-12-4-2-6-14(16)8-12/h2-9,11,18H,10H2,1H3/t11-/m0/s1.